The molecule has 1 N–H and O–H groups in total. The molecule has 0 saturated carbocycles. The third-order valence-corrected chi connectivity index (χ3v) is 4.55. The van der Waals surface area contributed by atoms with Crippen LogP contribution in [0.15, 0.2) is 66.7 Å². The van der Waals surface area contributed by atoms with Crippen molar-refractivity contribution >= 4 is 29.9 Å². The van der Waals surface area contributed by atoms with Gasteiger partial charge in [-0.2, -0.15) is 0 Å². The number of rotatable bonds is 4. The fourth-order valence-corrected chi connectivity index (χ4v) is 3.52. The zero-order chi connectivity index (χ0) is 12.8. The molecule has 2 aromatic rings. The summed E-state index contributed by atoms with van der Waals surface area (Å²) in [5.74, 6) is -0.897. The van der Waals surface area contributed by atoms with Gasteiger partial charge in [0.1, 0.15) is 0 Å². The molecule has 90 valence electrons. The van der Waals surface area contributed by atoms with Gasteiger partial charge in [0.05, 0.1) is 0 Å². The minimum absolute atomic E-state index is 0.000995. The number of aliphatic carboxylic acids is 1. The summed E-state index contributed by atoms with van der Waals surface area (Å²) in [5, 5.41) is 8.96. The van der Waals surface area contributed by atoms with Crippen molar-refractivity contribution in [1.29, 1.82) is 0 Å². The normalized spacial score (nSPS) is 11.2. The second-order valence-corrected chi connectivity index (χ2v) is 5.97. The molecule has 18 heavy (non-hydrogen) atoms. The van der Waals surface area contributed by atoms with Crippen LogP contribution in [-0.2, 0) is 4.79 Å². The van der Waals surface area contributed by atoms with Gasteiger partial charge in [0.15, 0.2) is 0 Å². The first kappa shape index (κ1) is 12.6. The molecule has 0 bridgehead atoms. The van der Waals surface area contributed by atoms with Crippen LogP contribution in [0.2, 0.25) is 0 Å². The van der Waals surface area contributed by atoms with Crippen LogP contribution < -0.4 is 4.46 Å². The molecule has 0 aromatic heterocycles. The summed E-state index contributed by atoms with van der Waals surface area (Å²) in [4.78, 5) is 10.9. The zero-order valence-electron chi connectivity index (χ0n) is 9.61. The SMILES string of the molecule is O=C(O)/C=C(\[Se]c1ccccc1)c1ccccc1. The summed E-state index contributed by atoms with van der Waals surface area (Å²) in [6.45, 7) is 0. The number of carboxylic acids is 1. The summed E-state index contributed by atoms with van der Waals surface area (Å²) >= 11 is 0.000995. The van der Waals surface area contributed by atoms with Gasteiger partial charge in [-0.1, -0.05) is 0 Å². The molecule has 0 atom stereocenters. The topological polar surface area (TPSA) is 37.3 Å². The van der Waals surface area contributed by atoms with E-state index in [1.54, 1.807) is 0 Å². The third kappa shape index (κ3) is 3.59. The Bertz CT molecular complexity index is 547. The van der Waals surface area contributed by atoms with E-state index < -0.39 is 5.97 Å². The fraction of sp³-hybridized carbons (Fsp3) is 0. The van der Waals surface area contributed by atoms with Crippen molar-refractivity contribution in [3.8, 4) is 0 Å². The minimum atomic E-state index is -0.897. The van der Waals surface area contributed by atoms with Crippen LogP contribution in [0.5, 0.6) is 0 Å². The molecule has 2 nitrogen and oxygen atoms in total. The standard InChI is InChI=1S/C15H12O2Se/c16-15(17)11-14(12-7-3-1-4-8-12)18-13-9-5-2-6-10-13/h1-11H,(H,16,17)/b14-11-. The van der Waals surface area contributed by atoms with Gasteiger partial charge in [-0.05, 0) is 0 Å². The van der Waals surface area contributed by atoms with Crippen molar-refractivity contribution < 1.29 is 9.90 Å². The Balaban J connectivity index is 2.31. The zero-order valence-corrected chi connectivity index (χ0v) is 11.3. The van der Waals surface area contributed by atoms with Crippen LogP contribution in [-0.4, -0.2) is 26.0 Å². The van der Waals surface area contributed by atoms with Gasteiger partial charge in [0.25, 0.3) is 0 Å². The van der Waals surface area contributed by atoms with Gasteiger partial charge < -0.3 is 0 Å². The number of hydrogen-bond acceptors (Lipinski definition) is 1. The van der Waals surface area contributed by atoms with E-state index in [0.29, 0.717) is 0 Å². The summed E-state index contributed by atoms with van der Waals surface area (Å²) in [6, 6.07) is 19.6. The van der Waals surface area contributed by atoms with Crippen LogP contribution in [0.1, 0.15) is 5.56 Å². The van der Waals surface area contributed by atoms with Gasteiger partial charge >= 0.3 is 112 Å². The molecule has 0 heterocycles. The van der Waals surface area contributed by atoms with Gasteiger partial charge in [0.2, 0.25) is 0 Å². The number of benzene rings is 2. The number of carboxylic acid groups (broad SMARTS) is 1. The molecule has 0 amide bonds. The first-order valence-electron chi connectivity index (χ1n) is 5.48. The Hall–Kier alpha value is -1.83. The van der Waals surface area contributed by atoms with Crippen LogP contribution >= 0.6 is 0 Å². The van der Waals surface area contributed by atoms with Crippen molar-refractivity contribution in [3.63, 3.8) is 0 Å². The first-order chi connectivity index (χ1) is 8.75. The molecule has 0 unspecified atom stereocenters. The van der Waals surface area contributed by atoms with Gasteiger partial charge in [-0.3, -0.25) is 0 Å². The van der Waals surface area contributed by atoms with Crippen molar-refractivity contribution in [3.05, 3.63) is 72.3 Å². The molecular formula is C15H12O2Se. The maximum absolute atomic E-state index is 10.9. The Morgan fingerprint density at radius 3 is 2.06 bits per heavy atom. The second kappa shape index (κ2) is 6.20. The second-order valence-electron chi connectivity index (χ2n) is 3.63. The molecule has 0 fully saturated rings. The summed E-state index contributed by atoms with van der Waals surface area (Å²) in [6.07, 6.45) is 1.31. The molecule has 0 aliphatic rings. The van der Waals surface area contributed by atoms with Crippen molar-refractivity contribution in [2.24, 2.45) is 0 Å². The van der Waals surface area contributed by atoms with E-state index in [1.807, 2.05) is 60.7 Å². The average molecular weight is 303 g/mol. The quantitative estimate of drug-likeness (QED) is 0.694. The van der Waals surface area contributed by atoms with Gasteiger partial charge in [-0.15, -0.1) is 0 Å². The third-order valence-electron chi connectivity index (χ3n) is 2.28. The molecule has 0 saturated heterocycles. The van der Waals surface area contributed by atoms with E-state index in [-0.39, 0.29) is 15.0 Å². The van der Waals surface area contributed by atoms with E-state index in [9.17, 15) is 4.79 Å². The van der Waals surface area contributed by atoms with Gasteiger partial charge in [0, 0.05) is 0 Å². The Labute approximate surface area is 112 Å². The number of hydrogen-bond donors (Lipinski definition) is 1. The Kier molecular flexibility index (Phi) is 4.35. The van der Waals surface area contributed by atoms with E-state index in [4.69, 9.17) is 5.11 Å². The van der Waals surface area contributed by atoms with Crippen LogP contribution in [0.4, 0.5) is 0 Å². The molecule has 2 rings (SSSR count). The van der Waals surface area contributed by atoms with Crippen molar-refractivity contribution in [2.45, 2.75) is 0 Å². The summed E-state index contributed by atoms with van der Waals surface area (Å²) in [7, 11) is 0. The Morgan fingerprint density at radius 2 is 1.50 bits per heavy atom. The predicted octanol–water partition coefficient (Wildman–Crippen LogP) is 2.14. The van der Waals surface area contributed by atoms with Crippen LogP contribution in [0, 0.1) is 0 Å². The van der Waals surface area contributed by atoms with Crippen molar-refractivity contribution in [1.82, 2.24) is 0 Å². The van der Waals surface area contributed by atoms with E-state index in [0.717, 1.165) is 10.0 Å². The van der Waals surface area contributed by atoms with Crippen LogP contribution in [0.3, 0.4) is 0 Å². The van der Waals surface area contributed by atoms with Crippen LogP contribution in [0.25, 0.3) is 4.47 Å². The monoisotopic (exact) mass is 304 g/mol. The molecule has 3 heteroatoms. The summed E-state index contributed by atoms with van der Waals surface area (Å²) in [5.41, 5.74) is 0.976. The predicted molar refractivity (Wildman–Crippen MR) is 73.9 cm³/mol. The van der Waals surface area contributed by atoms with E-state index in [1.165, 1.54) is 10.5 Å². The molecule has 0 aliphatic heterocycles. The van der Waals surface area contributed by atoms with Gasteiger partial charge in [-0.25, -0.2) is 0 Å². The molecule has 2 aromatic carbocycles. The van der Waals surface area contributed by atoms with E-state index >= 15 is 0 Å². The summed E-state index contributed by atoms with van der Waals surface area (Å²) < 4.78 is 2.04. The number of carbonyl (C=O) groups is 1. The maximum atomic E-state index is 10.9. The Morgan fingerprint density at radius 1 is 0.944 bits per heavy atom. The average Bonchev–Trinajstić information content (AvgIpc) is 2.40. The molecular weight excluding hydrogens is 291 g/mol. The molecule has 0 radical (unpaired) electrons. The first-order valence-corrected chi connectivity index (χ1v) is 7.20. The molecule has 0 spiro atoms. The van der Waals surface area contributed by atoms with E-state index in [2.05, 4.69) is 0 Å². The molecule has 0 aliphatic carbocycles. The fourth-order valence-electron chi connectivity index (χ4n) is 1.50. The van der Waals surface area contributed by atoms with Crippen molar-refractivity contribution in [2.75, 3.05) is 0 Å².